The van der Waals surface area contributed by atoms with Crippen molar-refractivity contribution in [1.82, 2.24) is 0 Å². The molecule has 0 saturated heterocycles. The molecule has 0 amide bonds. The lowest BCUT2D eigenvalue weighted by Crippen LogP contribution is -1.79. The van der Waals surface area contributed by atoms with E-state index in [-0.39, 0.29) is 0 Å². The molecule has 0 N–H and O–H groups in total. The second-order valence-electron chi connectivity index (χ2n) is 4.22. The summed E-state index contributed by atoms with van der Waals surface area (Å²) in [6.07, 6.45) is 11.6. The lowest BCUT2D eigenvalue weighted by atomic mass is 10.0. The first-order valence-corrected chi connectivity index (χ1v) is 6.23. The Morgan fingerprint density at radius 1 is 1.05 bits per heavy atom. The Morgan fingerprint density at radius 3 is 2.32 bits per heavy atom. The minimum Gasteiger partial charge on any atom is -0.0990 e. The van der Waals surface area contributed by atoms with Gasteiger partial charge in [-0.3, -0.25) is 0 Å². The lowest BCUT2D eigenvalue weighted by molar-refractivity contribution is 1.50. The van der Waals surface area contributed by atoms with Crippen LogP contribution in [0.4, 0.5) is 0 Å². The van der Waals surface area contributed by atoms with Gasteiger partial charge in [-0.15, -0.1) is 0 Å². The lowest BCUT2D eigenvalue weighted by Gasteiger charge is -2.01. The van der Waals surface area contributed by atoms with E-state index in [1.807, 2.05) is 36.4 Å². The number of hydrogen-bond donors (Lipinski definition) is 0. The van der Waals surface area contributed by atoms with Gasteiger partial charge in [0.15, 0.2) is 0 Å². The molecule has 0 heterocycles. The minimum atomic E-state index is 1.01. The van der Waals surface area contributed by atoms with Crippen LogP contribution in [0, 0.1) is 0 Å². The first-order valence-electron chi connectivity index (χ1n) is 6.23. The predicted octanol–water partition coefficient (Wildman–Crippen LogP) is 5.50. The Kier molecular flexibility index (Phi) is 6.11. The first-order chi connectivity index (χ1) is 9.17. The van der Waals surface area contributed by atoms with Crippen molar-refractivity contribution in [3.63, 3.8) is 0 Å². The van der Waals surface area contributed by atoms with Crippen LogP contribution in [0.25, 0.3) is 5.57 Å². The van der Waals surface area contributed by atoms with Gasteiger partial charge < -0.3 is 0 Å². The number of rotatable bonds is 6. The quantitative estimate of drug-likeness (QED) is 0.583. The molecule has 96 valence electrons. The molecule has 0 unspecified atom stereocenters. The normalized spacial score (nSPS) is 12.5. The summed E-state index contributed by atoms with van der Waals surface area (Å²) in [6, 6.07) is 10.2. The molecule has 0 aliphatic rings. The Labute approximate surface area is 116 Å². The van der Waals surface area contributed by atoms with E-state index in [1.165, 1.54) is 0 Å². The number of allylic oxidation sites excluding steroid dienone is 9. The van der Waals surface area contributed by atoms with Crippen LogP contribution in [0.3, 0.4) is 0 Å². The van der Waals surface area contributed by atoms with Gasteiger partial charge in [0.1, 0.15) is 0 Å². The topological polar surface area (TPSA) is 0 Å². The molecule has 0 fully saturated rings. The molecule has 0 aromatic heterocycles. The van der Waals surface area contributed by atoms with Gasteiger partial charge in [-0.2, -0.15) is 0 Å². The zero-order valence-corrected chi connectivity index (χ0v) is 11.5. The third kappa shape index (κ3) is 5.22. The molecule has 1 aromatic rings. The highest BCUT2D eigenvalue weighted by molar-refractivity contribution is 5.73. The number of benzene rings is 1. The van der Waals surface area contributed by atoms with Crippen molar-refractivity contribution in [2.24, 2.45) is 0 Å². The summed E-state index contributed by atoms with van der Waals surface area (Å²) in [5.41, 5.74) is 4.33. The van der Waals surface area contributed by atoms with Gasteiger partial charge in [0.25, 0.3) is 0 Å². The van der Waals surface area contributed by atoms with Crippen LogP contribution in [-0.4, -0.2) is 0 Å². The molecule has 19 heavy (non-hydrogen) atoms. The molecule has 0 spiro atoms. The van der Waals surface area contributed by atoms with E-state index in [4.69, 9.17) is 0 Å². The molecule has 0 aliphatic heterocycles. The fourth-order valence-electron chi connectivity index (χ4n) is 1.61. The third-order valence-corrected chi connectivity index (χ3v) is 2.63. The standard InChI is InChI=1S/C19H20/c1-5-10-18(6-2)14-13-16(3)15-17(4)19-11-8-7-9-12-19/h5-15H,1-2,4H2,3H3/b14-13+,16-15-,18-10+. The number of hydrogen-bond acceptors (Lipinski definition) is 0. The Hall–Kier alpha value is -2.34. The highest BCUT2D eigenvalue weighted by atomic mass is 14.0. The molecule has 0 saturated carbocycles. The van der Waals surface area contributed by atoms with Gasteiger partial charge in [-0.25, -0.2) is 0 Å². The summed E-state index contributed by atoms with van der Waals surface area (Å²) in [5, 5.41) is 0. The first kappa shape index (κ1) is 14.7. The second-order valence-corrected chi connectivity index (χ2v) is 4.22. The summed E-state index contributed by atoms with van der Waals surface area (Å²) in [6.45, 7) is 13.6. The van der Waals surface area contributed by atoms with E-state index < -0.39 is 0 Å². The van der Waals surface area contributed by atoms with Gasteiger partial charge in [0.05, 0.1) is 0 Å². The Morgan fingerprint density at radius 2 is 1.74 bits per heavy atom. The van der Waals surface area contributed by atoms with Gasteiger partial charge in [0.2, 0.25) is 0 Å². The van der Waals surface area contributed by atoms with Gasteiger partial charge in [-0.1, -0.05) is 92.1 Å². The highest BCUT2D eigenvalue weighted by Gasteiger charge is 1.94. The van der Waals surface area contributed by atoms with Crippen molar-refractivity contribution >= 4 is 5.57 Å². The molecule has 0 heteroatoms. The van der Waals surface area contributed by atoms with E-state index in [2.05, 4.69) is 44.9 Å². The van der Waals surface area contributed by atoms with Gasteiger partial charge >= 0.3 is 0 Å². The van der Waals surface area contributed by atoms with Gasteiger partial charge in [-0.05, 0) is 23.6 Å². The van der Waals surface area contributed by atoms with Crippen LogP contribution in [0.5, 0.6) is 0 Å². The van der Waals surface area contributed by atoms with Crippen molar-refractivity contribution in [3.8, 4) is 0 Å². The largest absolute Gasteiger partial charge is 0.0990 e. The van der Waals surface area contributed by atoms with Crippen molar-refractivity contribution in [2.75, 3.05) is 0 Å². The zero-order chi connectivity index (χ0) is 14.1. The van der Waals surface area contributed by atoms with E-state index in [0.717, 1.165) is 22.3 Å². The molecular formula is C19H20. The molecule has 0 bridgehead atoms. The maximum absolute atomic E-state index is 4.09. The van der Waals surface area contributed by atoms with E-state index >= 15 is 0 Å². The van der Waals surface area contributed by atoms with E-state index in [0.29, 0.717) is 0 Å². The van der Waals surface area contributed by atoms with Crippen LogP contribution in [0.1, 0.15) is 12.5 Å². The van der Waals surface area contributed by atoms with Crippen molar-refractivity contribution < 1.29 is 0 Å². The average molecular weight is 248 g/mol. The fraction of sp³-hybridized carbons (Fsp3) is 0.0526. The van der Waals surface area contributed by atoms with Crippen LogP contribution in [0.2, 0.25) is 0 Å². The summed E-state index contributed by atoms with van der Waals surface area (Å²) in [4.78, 5) is 0. The maximum atomic E-state index is 4.09. The summed E-state index contributed by atoms with van der Waals surface area (Å²) in [7, 11) is 0. The summed E-state index contributed by atoms with van der Waals surface area (Å²) < 4.78 is 0. The second kappa shape index (κ2) is 7.88. The molecule has 0 nitrogen and oxygen atoms in total. The summed E-state index contributed by atoms with van der Waals surface area (Å²) in [5.74, 6) is 0. The predicted molar refractivity (Wildman–Crippen MR) is 86.9 cm³/mol. The minimum absolute atomic E-state index is 1.01. The van der Waals surface area contributed by atoms with Gasteiger partial charge in [0, 0.05) is 0 Å². The molecule has 1 aromatic carbocycles. The van der Waals surface area contributed by atoms with Crippen LogP contribution in [0.15, 0.2) is 97.7 Å². The fourth-order valence-corrected chi connectivity index (χ4v) is 1.61. The zero-order valence-electron chi connectivity index (χ0n) is 11.5. The van der Waals surface area contributed by atoms with E-state index in [9.17, 15) is 0 Å². The summed E-state index contributed by atoms with van der Waals surface area (Å²) >= 11 is 0. The Balaban J connectivity index is 2.80. The van der Waals surface area contributed by atoms with E-state index in [1.54, 1.807) is 12.2 Å². The smallest absolute Gasteiger partial charge is 0.0190 e. The van der Waals surface area contributed by atoms with Crippen LogP contribution in [-0.2, 0) is 0 Å². The third-order valence-electron chi connectivity index (χ3n) is 2.63. The van der Waals surface area contributed by atoms with Crippen LogP contribution >= 0.6 is 0 Å². The Bertz CT molecular complexity index is 537. The molecule has 0 atom stereocenters. The van der Waals surface area contributed by atoms with Crippen molar-refractivity contribution in [1.29, 1.82) is 0 Å². The molecule has 0 aliphatic carbocycles. The van der Waals surface area contributed by atoms with Crippen LogP contribution < -0.4 is 0 Å². The molecular weight excluding hydrogens is 228 g/mol. The monoisotopic (exact) mass is 248 g/mol. The SMILES string of the molecule is C=C/C=C(C=C)/C=C/C(C)=C\C(=C)c1ccccc1. The highest BCUT2D eigenvalue weighted by Crippen LogP contribution is 2.15. The molecule has 1 rings (SSSR count). The maximum Gasteiger partial charge on any atom is -0.0190 e. The average Bonchev–Trinajstić information content (AvgIpc) is 2.44. The molecule has 0 radical (unpaired) electrons. The van der Waals surface area contributed by atoms with Crippen molar-refractivity contribution in [2.45, 2.75) is 6.92 Å². The van der Waals surface area contributed by atoms with Crippen molar-refractivity contribution in [3.05, 3.63) is 103 Å².